The fourth-order valence-electron chi connectivity index (χ4n) is 7.88. The molecule has 0 aliphatic rings. The Morgan fingerprint density at radius 2 is 0.797 bits per heavy atom. The zero-order chi connectivity index (χ0) is 43.2. The van der Waals surface area contributed by atoms with Crippen LogP contribution in [0.2, 0.25) is 0 Å². The molecule has 0 saturated carbocycles. The van der Waals surface area contributed by atoms with Gasteiger partial charge in [-0.2, -0.15) is 0 Å². The molecule has 7 heteroatoms. The molecule has 6 aromatic rings. The van der Waals surface area contributed by atoms with Gasteiger partial charge in [-0.05, 0) is 127 Å². The first-order chi connectivity index (χ1) is 27.5. The van der Waals surface area contributed by atoms with Crippen LogP contribution in [0.15, 0.2) is 84.9 Å². The van der Waals surface area contributed by atoms with Gasteiger partial charge < -0.3 is 22.8 Å². The third-order valence-corrected chi connectivity index (χ3v) is 12.2. The van der Waals surface area contributed by atoms with Crippen molar-refractivity contribution in [3.8, 4) is 39.9 Å². The van der Waals surface area contributed by atoms with Gasteiger partial charge in [-0.1, -0.05) is 129 Å². The van der Waals surface area contributed by atoms with Crippen molar-refractivity contribution in [2.45, 2.75) is 133 Å². The summed E-state index contributed by atoms with van der Waals surface area (Å²) in [7, 11) is -0.615. The third kappa shape index (κ3) is 9.53. The molecule has 0 aromatic heterocycles. The molecule has 5 nitrogen and oxygen atoms in total. The third-order valence-electron chi connectivity index (χ3n) is 11.0. The first-order valence-electron chi connectivity index (χ1n) is 20.7. The zero-order valence-electron chi connectivity index (χ0n) is 38.1. The SMILES string of the molecule is Cc1c(OC(C)(C)C)cc(C(C)(C)C)c(OPOc2ccc3ccccc3c2C)c1-c1c(C)c(C(C)(C)C)cc(C(C)(C)C)c1OPOc1ccc2ccccc2c1C. The van der Waals surface area contributed by atoms with E-state index < -0.39 is 5.60 Å². The number of benzene rings is 6. The van der Waals surface area contributed by atoms with Crippen molar-refractivity contribution in [3.63, 3.8) is 0 Å². The molecule has 6 aromatic carbocycles. The molecule has 0 amide bonds. The number of hydrogen-bond acceptors (Lipinski definition) is 5. The normalized spacial score (nSPS) is 12.9. The van der Waals surface area contributed by atoms with Crippen molar-refractivity contribution in [1.82, 2.24) is 0 Å². The maximum atomic E-state index is 7.06. The Hall–Kier alpha value is -4.30. The van der Waals surface area contributed by atoms with Crippen molar-refractivity contribution < 1.29 is 22.8 Å². The zero-order valence-corrected chi connectivity index (χ0v) is 40.1. The molecule has 2 unspecified atom stereocenters. The molecule has 0 N–H and O–H groups in total. The van der Waals surface area contributed by atoms with E-state index in [1.807, 2.05) is 12.1 Å². The highest BCUT2D eigenvalue weighted by atomic mass is 31.1. The van der Waals surface area contributed by atoms with Crippen LogP contribution in [0.5, 0.6) is 28.7 Å². The molecule has 0 radical (unpaired) electrons. The second-order valence-electron chi connectivity index (χ2n) is 19.9. The van der Waals surface area contributed by atoms with Gasteiger partial charge >= 0.3 is 0 Å². The van der Waals surface area contributed by atoms with Crippen LogP contribution in [0.1, 0.15) is 122 Å². The summed E-state index contributed by atoms with van der Waals surface area (Å²) in [5.74, 6) is 3.98. The van der Waals surface area contributed by atoms with Crippen molar-refractivity contribution in [1.29, 1.82) is 0 Å². The van der Waals surface area contributed by atoms with Gasteiger partial charge in [0.15, 0.2) is 0 Å². The number of rotatable bonds is 10. The van der Waals surface area contributed by atoms with E-state index in [0.29, 0.717) is 0 Å². The van der Waals surface area contributed by atoms with Crippen molar-refractivity contribution in [3.05, 3.63) is 124 Å². The smallest absolute Gasteiger partial charge is 0.275 e. The second kappa shape index (κ2) is 16.6. The summed E-state index contributed by atoms with van der Waals surface area (Å²) >= 11 is 0. The fraction of sp³-hybridized carbons (Fsp3) is 0.385. The quantitative estimate of drug-likeness (QED) is 0.129. The van der Waals surface area contributed by atoms with Crippen molar-refractivity contribution in [2.24, 2.45) is 0 Å². The Balaban J connectivity index is 1.58. The van der Waals surface area contributed by atoms with Crippen LogP contribution >= 0.6 is 18.1 Å². The van der Waals surface area contributed by atoms with Crippen LogP contribution in [0, 0.1) is 27.7 Å². The summed E-state index contributed by atoms with van der Waals surface area (Å²) in [6.45, 7) is 35.2. The van der Waals surface area contributed by atoms with E-state index in [-0.39, 0.29) is 34.3 Å². The topological polar surface area (TPSA) is 46.2 Å². The summed E-state index contributed by atoms with van der Waals surface area (Å²) in [4.78, 5) is 0. The summed E-state index contributed by atoms with van der Waals surface area (Å²) < 4.78 is 34.0. The molecule has 0 heterocycles. The van der Waals surface area contributed by atoms with Crippen LogP contribution in [-0.2, 0) is 16.2 Å². The lowest BCUT2D eigenvalue weighted by molar-refractivity contribution is 0.129. The average molecular weight is 831 g/mol. The molecule has 0 aliphatic carbocycles. The second-order valence-corrected chi connectivity index (χ2v) is 21.1. The Bertz CT molecular complexity index is 2510. The molecule has 0 saturated heterocycles. The van der Waals surface area contributed by atoms with Crippen LogP contribution < -0.4 is 22.8 Å². The van der Waals surface area contributed by atoms with E-state index in [9.17, 15) is 0 Å². The lowest BCUT2D eigenvalue weighted by atomic mass is 9.74. The van der Waals surface area contributed by atoms with Gasteiger partial charge in [-0.25, -0.2) is 0 Å². The van der Waals surface area contributed by atoms with E-state index in [1.165, 1.54) is 27.1 Å². The minimum atomic E-state index is -0.441. The standard InChI is InChI=1S/C52H64O5P2/c1-31-37-23-19-17-21-35(37)25-27-42(31)54-58-56-47-40(50(8,9)10)29-39(49(5,6)7)33(3)45(47)46-34(4)44(53-52(14,15)16)30-41(51(11,12)13)48(46)57-59-55-43-28-26-36-22-18-20-24-38(36)32(43)2/h17-30,58-59H,1-16H3. The van der Waals surface area contributed by atoms with Gasteiger partial charge in [0, 0.05) is 27.8 Å². The maximum Gasteiger partial charge on any atom is 0.275 e. The summed E-state index contributed by atoms with van der Waals surface area (Å²) in [6, 6.07) is 29.6. The monoisotopic (exact) mass is 830 g/mol. The van der Waals surface area contributed by atoms with Crippen LogP contribution in [0.25, 0.3) is 32.7 Å². The van der Waals surface area contributed by atoms with Crippen molar-refractivity contribution >= 4 is 39.6 Å². The molecular formula is C52H64O5P2. The molecule has 2 atom stereocenters. The predicted molar refractivity (Wildman–Crippen MR) is 254 cm³/mol. The highest BCUT2D eigenvalue weighted by Gasteiger charge is 2.35. The van der Waals surface area contributed by atoms with Gasteiger partial charge in [-0.3, -0.25) is 0 Å². The van der Waals surface area contributed by atoms with Gasteiger partial charge in [-0.15, -0.1) is 0 Å². The van der Waals surface area contributed by atoms with Crippen molar-refractivity contribution in [2.75, 3.05) is 0 Å². The molecule has 312 valence electrons. The van der Waals surface area contributed by atoms with Crippen LogP contribution in [0.4, 0.5) is 0 Å². The van der Waals surface area contributed by atoms with E-state index in [2.05, 4.69) is 184 Å². The van der Waals surface area contributed by atoms with Gasteiger partial charge in [0.2, 0.25) is 0 Å². The predicted octanol–water partition coefficient (Wildman–Crippen LogP) is 15.9. The minimum absolute atomic E-state index is 0.169. The molecule has 59 heavy (non-hydrogen) atoms. The summed E-state index contributed by atoms with van der Waals surface area (Å²) in [5.41, 5.74) is 8.37. The van der Waals surface area contributed by atoms with E-state index >= 15 is 0 Å². The van der Waals surface area contributed by atoms with Crippen LogP contribution in [0.3, 0.4) is 0 Å². The Morgan fingerprint density at radius 1 is 0.390 bits per heavy atom. The Morgan fingerprint density at radius 3 is 1.22 bits per heavy atom. The minimum Gasteiger partial charge on any atom is -0.488 e. The highest BCUT2D eigenvalue weighted by Crippen LogP contribution is 2.55. The lowest BCUT2D eigenvalue weighted by Gasteiger charge is -2.34. The summed E-state index contributed by atoms with van der Waals surface area (Å²) in [5, 5.41) is 4.70. The number of hydrogen-bond donors (Lipinski definition) is 0. The first kappa shape index (κ1) is 44.3. The summed E-state index contributed by atoms with van der Waals surface area (Å²) in [6.07, 6.45) is 0. The van der Waals surface area contributed by atoms with E-state index in [4.69, 9.17) is 22.8 Å². The maximum absolute atomic E-state index is 7.06. The molecule has 0 aliphatic heterocycles. The van der Waals surface area contributed by atoms with Gasteiger partial charge in [0.1, 0.15) is 34.3 Å². The number of aryl methyl sites for hydroxylation is 2. The molecule has 0 spiro atoms. The largest absolute Gasteiger partial charge is 0.488 e. The Labute approximate surface area is 357 Å². The number of fused-ring (bicyclic) bond motifs is 2. The van der Waals surface area contributed by atoms with Gasteiger partial charge in [0.25, 0.3) is 18.1 Å². The highest BCUT2D eigenvalue weighted by molar-refractivity contribution is 7.27. The molecular weight excluding hydrogens is 767 g/mol. The van der Waals surface area contributed by atoms with Crippen LogP contribution in [-0.4, -0.2) is 5.60 Å². The number of ether oxygens (including phenoxy) is 1. The lowest BCUT2D eigenvalue weighted by Crippen LogP contribution is -2.24. The molecule has 6 rings (SSSR count). The Kier molecular flexibility index (Phi) is 12.5. The first-order valence-corrected chi connectivity index (χ1v) is 22.3. The van der Waals surface area contributed by atoms with E-state index in [1.54, 1.807) is 0 Å². The van der Waals surface area contributed by atoms with E-state index in [0.717, 1.165) is 73.3 Å². The molecule has 0 bridgehead atoms. The van der Waals surface area contributed by atoms with Gasteiger partial charge in [0.05, 0.1) is 0 Å². The average Bonchev–Trinajstić information content (AvgIpc) is 3.13. The molecule has 0 fully saturated rings. The fourth-order valence-corrected chi connectivity index (χ4v) is 9.18.